The first-order valence-corrected chi connectivity index (χ1v) is 7.03. The summed E-state index contributed by atoms with van der Waals surface area (Å²) in [6, 6.07) is 3.31. The average Bonchev–Trinajstić information content (AvgIpc) is 2.48. The van der Waals surface area contributed by atoms with Gasteiger partial charge in [-0.15, -0.1) is 0 Å². The number of aliphatic hydroxyl groups is 1. The van der Waals surface area contributed by atoms with Gasteiger partial charge in [-0.25, -0.2) is 4.98 Å². The lowest BCUT2D eigenvalue weighted by atomic mass is 9.79. The molecule has 0 aromatic carbocycles. The maximum absolute atomic E-state index is 12.0. The van der Waals surface area contributed by atoms with E-state index in [1.807, 2.05) is 0 Å². The Bertz CT molecular complexity index is 451. The van der Waals surface area contributed by atoms with Gasteiger partial charge in [0.05, 0.1) is 18.3 Å². The molecule has 20 heavy (non-hydrogen) atoms. The van der Waals surface area contributed by atoms with Gasteiger partial charge in [0.25, 0.3) is 5.91 Å². The molecule has 0 spiro atoms. The molecule has 1 aliphatic carbocycles. The minimum absolute atomic E-state index is 0.216. The van der Waals surface area contributed by atoms with Gasteiger partial charge < -0.3 is 15.2 Å². The van der Waals surface area contributed by atoms with Crippen LogP contribution in [0.25, 0.3) is 0 Å². The molecule has 2 rings (SSSR count). The van der Waals surface area contributed by atoms with Crippen molar-refractivity contribution in [1.82, 2.24) is 10.3 Å². The Morgan fingerprint density at radius 3 is 2.75 bits per heavy atom. The third-order valence-electron chi connectivity index (χ3n) is 3.99. The van der Waals surface area contributed by atoms with Crippen molar-refractivity contribution in [3.05, 3.63) is 23.9 Å². The van der Waals surface area contributed by atoms with E-state index >= 15 is 0 Å². The van der Waals surface area contributed by atoms with Crippen molar-refractivity contribution in [3.8, 4) is 5.88 Å². The molecule has 1 aliphatic rings. The van der Waals surface area contributed by atoms with Crippen LogP contribution in [0.1, 0.15) is 43.0 Å². The molecule has 0 unspecified atom stereocenters. The van der Waals surface area contributed by atoms with E-state index in [1.165, 1.54) is 13.3 Å². The third-order valence-corrected chi connectivity index (χ3v) is 3.99. The van der Waals surface area contributed by atoms with Gasteiger partial charge in [0.15, 0.2) is 0 Å². The Kier molecular flexibility index (Phi) is 4.60. The fraction of sp³-hybridized carbons (Fsp3) is 0.600. The maximum Gasteiger partial charge on any atom is 0.252 e. The second-order valence-corrected chi connectivity index (χ2v) is 5.68. The molecule has 1 fully saturated rings. The molecule has 1 aromatic rings. The molecule has 5 heteroatoms. The van der Waals surface area contributed by atoms with Gasteiger partial charge in [-0.3, -0.25) is 4.79 Å². The number of hydrogen-bond donors (Lipinski definition) is 2. The van der Waals surface area contributed by atoms with Crippen LogP contribution < -0.4 is 10.1 Å². The lowest BCUT2D eigenvalue weighted by Gasteiger charge is -2.34. The van der Waals surface area contributed by atoms with Gasteiger partial charge >= 0.3 is 0 Å². The van der Waals surface area contributed by atoms with E-state index in [9.17, 15) is 9.90 Å². The number of nitrogens with one attached hydrogen (secondary N) is 1. The largest absolute Gasteiger partial charge is 0.481 e. The number of rotatable bonds is 4. The van der Waals surface area contributed by atoms with Crippen molar-refractivity contribution in [2.75, 3.05) is 13.7 Å². The summed E-state index contributed by atoms with van der Waals surface area (Å²) in [4.78, 5) is 16.0. The molecule has 0 atom stereocenters. The highest BCUT2D eigenvalue weighted by Crippen LogP contribution is 2.31. The molecule has 1 saturated carbocycles. The Morgan fingerprint density at radius 1 is 1.50 bits per heavy atom. The lowest BCUT2D eigenvalue weighted by molar-refractivity contribution is -0.00540. The molecule has 0 radical (unpaired) electrons. The van der Waals surface area contributed by atoms with Crippen molar-refractivity contribution in [3.63, 3.8) is 0 Å². The number of pyridine rings is 1. The van der Waals surface area contributed by atoms with Crippen LogP contribution in [0, 0.1) is 5.92 Å². The number of hydrogen-bond acceptors (Lipinski definition) is 4. The average molecular weight is 278 g/mol. The molecule has 1 heterocycles. The molecular weight excluding hydrogens is 256 g/mol. The fourth-order valence-corrected chi connectivity index (χ4v) is 2.46. The second kappa shape index (κ2) is 6.22. The Labute approximate surface area is 119 Å². The maximum atomic E-state index is 12.0. The van der Waals surface area contributed by atoms with Crippen molar-refractivity contribution in [2.24, 2.45) is 5.92 Å². The van der Waals surface area contributed by atoms with Gasteiger partial charge in [-0.05, 0) is 37.7 Å². The molecular formula is C15H22N2O3. The van der Waals surface area contributed by atoms with Crippen LogP contribution in [-0.4, -0.2) is 35.3 Å². The van der Waals surface area contributed by atoms with Crippen LogP contribution in [0.5, 0.6) is 5.88 Å². The zero-order chi connectivity index (χ0) is 14.6. The van der Waals surface area contributed by atoms with Gasteiger partial charge in [0, 0.05) is 18.8 Å². The van der Waals surface area contributed by atoms with E-state index in [0.717, 1.165) is 25.7 Å². The molecule has 0 bridgehead atoms. The van der Waals surface area contributed by atoms with E-state index in [1.54, 1.807) is 12.1 Å². The van der Waals surface area contributed by atoms with Crippen molar-refractivity contribution >= 4 is 5.91 Å². The SMILES string of the molecule is COc1ccc(C(=O)NCC2(O)CCC(C)CC2)cn1. The summed E-state index contributed by atoms with van der Waals surface area (Å²) < 4.78 is 4.95. The van der Waals surface area contributed by atoms with Crippen molar-refractivity contribution in [2.45, 2.75) is 38.2 Å². The molecule has 5 nitrogen and oxygen atoms in total. The quantitative estimate of drug-likeness (QED) is 0.880. The van der Waals surface area contributed by atoms with Crippen LogP contribution in [0.3, 0.4) is 0 Å². The summed E-state index contributed by atoms with van der Waals surface area (Å²) in [7, 11) is 1.53. The van der Waals surface area contributed by atoms with Crippen molar-refractivity contribution in [1.29, 1.82) is 0 Å². The van der Waals surface area contributed by atoms with Gasteiger partial charge in [0.1, 0.15) is 0 Å². The van der Waals surface area contributed by atoms with Crippen LogP contribution in [-0.2, 0) is 0 Å². The number of carbonyl (C=O) groups excluding carboxylic acids is 1. The molecule has 1 amide bonds. The van der Waals surface area contributed by atoms with E-state index in [-0.39, 0.29) is 5.91 Å². The first-order chi connectivity index (χ1) is 9.52. The monoisotopic (exact) mass is 278 g/mol. The van der Waals surface area contributed by atoms with Gasteiger partial charge in [-0.1, -0.05) is 6.92 Å². The number of aromatic nitrogens is 1. The Morgan fingerprint density at radius 2 is 2.20 bits per heavy atom. The highest BCUT2D eigenvalue weighted by Gasteiger charge is 2.32. The van der Waals surface area contributed by atoms with Gasteiger partial charge in [0.2, 0.25) is 5.88 Å². The highest BCUT2D eigenvalue weighted by molar-refractivity contribution is 5.93. The summed E-state index contributed by atoms with van der Waals surface area (Å²) in [5, 5.41) is 13.2. The fourth-order valence-electron chi connectivity index (χ4n) is 2.46. The van der Waals surface area contributed by atoms with E-state index in [0.29, 0.717) is 23.9 Å². The minimum atomic E-state index is -0.762. The van der Waals surface area contributed by atoms with E-state index in [2.05, 4.69) is 17.2 Å². The summed E-state index contributed by atoms with van der Waals surface area (Å²) in [5.74, 6) is 0.922. The molecule has 2 N–H and O–H groups in total. The zero-order valence-electron chi connectivity index (χ0n) is 12.1. The molecule has 110 valence electrons. The molecule has 0 aliphatic heterocycles. The molecule has 0 saturated heterocycles. The van der Waals surface area contributed by atoms with Crippen LogP contribution in [0.2, 0.25) is 0 Å². The highest BCUT2D eigenvalue weighted by atomic mass is 16.5. The smallest absolute Gasteiger partial charge is 0.252 e. The normalized spacial score (nSPS) is 26.1. The minimum Gasteiger partial charge on any atom is -0.481 e. The zero-order valence-corrected chi connectivity index (χ0v) is 12.1. The van der Waals surface area contributed by atoms with E-state index in [4.69, 9.17) is 4.74 Å². The number of methoxy groups -OCH3 is 1. The first kappa shape index (κ1) is 14.8. The summed E-state index contributed by atoms with van der Waals surface area (Å²) in [5.41, 5.74) is -0.291. The number of ether oxygens (including phenoxy) is 1. The van der Waals surface area contributed by atoms with Gasteiger partial charge in [-0.2, -0.15) is 0 Å². The third kappa shape index (κ3) is 3.70. The standard InChI is InChI=1S/C15H22N2O3/c1-11-5-7-15(19,8-6-11)10-17-14(18)12-3-4-13(20-2)16-9-12/h3-4,9,11,19H,5-8,10H2,1-2H3,(H,17,18). The molecule has 1 aromatic heterocycles. The van der Waals surface area contributed by atoms with E-state index < -0.39 is 5.60 Å². The van der Waals surface area contributed by atoms with Crippen LogP contribution in [0.15, 0.2) is 18.3 Å². The topological polar surface area (TPSA) is 71.5 Å². The van der Waals surface area contributed by atoms with Crippen molar-refractivity contribution < 1.29 is 14.6 Å². The Hall–Kier alpha value is -1.62. The number of carbonyl (C=O) groups is 1. The summed E-state index contributed by atoms with van der Waals surface area (Å²) >= 11 is 0. The lowest BCUT2D eigenvalue weighted by Crippen LogP contribution is -2.45. The summed E-state index contributed by atoms with van der Waals surface area (Å²) in [6.07, 6.45) is 4.98. The number of amides is 1. The first-order valence-electron chi connectivity index (χ1n) is 7.03. The predicted octanol–water partition coefficient (Wildman–Crippen LogP) is 1.76. The Balaban J connectivity index is 1.88. The summed E-state index contributed by atoms with van der Waals surface area (Å²) in [6.45, 7) is 2.49. The van der Waals surface area contributed by atoms with Crippen LogP contribution in [0.4, 0.5) is 0 Å². The number of nitrogens with zero attached hydrogens (tertiary/aromatic N) is 1. The predicted molar refractivity (Wildman–Crippen MR) is 75.7 cm³/mol. The second-order valence-electron chi connectivity index (χ2n) is 5.68. The van der Waals surface area contributed by atoms with Crippen LogP contribution >= 0.6 is 0 Å².